The van der Waals surface area contributed by atoms with E-state index in [1.165, 1.54) is 0 Å². The summed E-state index contributed by atoms with van der Waals surface area (Å²) in [5.41, 5.74) is 0. The summed E-state index contributed by atoms with van der Waals surface area (Å²) in [5.74, 6) is 0.902. The van der Waals surface area contributed by atoms with Crippen molar-refractivity contribution in [3.63, 3.8) is 0 Å². The van der Waals surface area contributed by atoms with Crippen LogP contribution in [0.2, 0.25) is 0 Å². The molecule has 1 aliphatic heterocycles. The summed E-state index contributed by atoms with van der Waals surface area (Å²) < 4.78 is 10.3. The van der Waals surface area contributed by atoms with E-state index in [1.54, 1.807) is 0 Å². The van der Waals surface area contributed by atoms with Crippen molar-refractivity contribution in [2.24, 2.45) is 23.7 Å². The lowest BCUT2D eigenvalue weighted by molar-refractivity contribution is -0.152. The van der Waals surface area contributed by atoms with E-state index < -0.39 is 0 Å². The lowest BCUT2D eigenvalue weighted by Crippen LogP contribution is -2.37. The second-order valence-electron chi connectivity index (χ2n) is 4.55. The second-order valence-corrected chi connectivity index (χ2v) is 4.55. The molecule has 1 saturated heterocycles. The maximum Gasteiger partial charge on any atom is 0.310 e. The highest BCUT2D eigenvalue weighted by Gasteiger charge is 2.66. The van der Waals surface area contributed by atoms with Crippen LogP contribution in [-0.4, -0.2) is 24.6 Å². The summed E-state index contributed by atoms with van der Waals surface area (Å²) >= 11 is 0. The Kier molecular flexibility index (Phi) is 1.47. The van der Waals surface area contributed by atoms with Crippen LogP contribution in [0.25, 0.3) is 0 Å². The number of carbonyl (C=O) groups excluding carboxylic acids is 2. The molecule has 0 spiro atoms. The number of carbonyl (C=O) groups is 2. The Morgan fingerprint density at radius 1 is 1.50 bits per heavy atom. The zero-order chi connectivity index (χ0) is 9.87. The molecule has 4 heteroatoms. The van der Waals surface area contributed by atoms with Crippen LogP contribution in [0.3, 0.4) is 0 Å². The molecule has 14 heavy (non-hydrogen) atoms. The van der Waals surface area contributed by atoms with Crippen molar-refractivity contribution in [3.05, 3.63) is 0 Å². The maximum atomic E-state index is 11.5. The molecule has 0 aromatic carbocycles. The van der Waals surface area contributed by atoms with Crippen LogP contribution in [0.1, 0.15) is 13.3 Å². The highest BCUT2D eigenvalue weighted by atomic mass is 16.6. The van der Waals surface area contributed by atoms with Crippen molar-refractivity contribution in [1.82, 2.24) is 0 Å². The van der Waals surface area contributed by atoms with Crippen molar-refractivity contribution < 1.29 is 19.1 Å². The highest BCUT2D eigenvalue weighted by Crippen LogP contribution is 2.58. The summed E-state index contributed by atoms with van der Waals surface area (Å²) in [4.78, 5) is 21.8. The number of ether oxygens (including phenoxy) is 2. The normalized spacial score (nSPS) is 53.4. The predicted octanol–water partition coefficient (Wildman–Crippen LogP) is 0.355. The van der Waals surface area contributed by atoms with Crippen LogP contribution in [0.5, 0.6) is 0 Å². The molecule has 2 saturated carbocycles. The zero-order valence-corrected chi connectivity index (χ0v) is 7.88. The Hall–Kier alpha value is -1.06. The summed E-state index contributed by atoms with van der Waals surface area (Å²) in [5, 5.41) is 0. The maximum absolute atomic E-state index is 11.5. The number of hydrogen-bond donors (Lipinski definition) is 0. The smallest absolute Gasteiger partial charge is 0.310 e. The minimum atomic E-state index is -0.185. The van der Waals surface area contributed by atoms with Gasteiger partial charge >= 0.3 is 5.97 Å². The molecule has 3 aliphatic rings. The lowest BCUT2D eigenvalue weighted by Gasteiger charge is -2.27. The van der Waals surface area contributed by atoms with E-state index in [2.05, 4.69) is 6.92 Å². The van der Waals surface area contributed by atoms with Gasteiger partial charge in [-0.05, 0) is 12.3 Å². The van der Waals surface area contributed by atoms with Gasteiger partial charge in [0.1, 0.15) is 12.2 Å². The molecule has 0 aromatic heterocycles. The van der Waals surface area contributed by atoms with Gasteiger partial charge in [-0.25, -0.2) is 0 Å². The number of esters is 1. The number of hydrogen-bond acceptors (Lipinski definition) is 4. The summed E-state index contributed by atoms with van der Waals surface area (Å²) in [6, 6.07) is 0. The van der Waals surface area contributed by atoms with E-state index in [9.17, 15) is 9.59 Å². The first-order valence-electron chi connectivity index (χ1n) is 5.03. The molecule has 0 N–H and O–H groups in total. The van der Waals surface area contributed by atoms with Gasteiger partial charge in [-0.2, -0.15) is 0 Å². The second kappa shape index (κ2) is 2.49. The molecule has 76 valence electrons. The third-order valence-electron chi connectivity index (χ3n) is 4.15. The van der Waals surface area contributed by atoms with E-state index in [1.807, 2.05) is 0 Å². The predicted molar refractivity (Wildman–Crippen MR) is 45.1 cm³/mol. The van der Waals surface area contributed by atoms with Crippen LogP contribution in [0, 0.1) is 23.7 Å². The summed E-state index contributed by atoms with van der Waals surface area (Å²) in [6.07, 6.45) is 0.634. The molecule has 0 amide bonds. The molecule has 0 radical (unpaired) electrons. The van der Waals surface area contributed by atoms with E-state index in [0.29, 0.717) is 24.2 Å². The molecular weight excluding hydrogens is 184 g/mol. The van der Waals surface area contributed by atoms with Gasteiger partial charge in [0.25, 0.3) is 6.47 Å². The van der Waals surface area contributed by atoms with E-state index >= 15 is 0 Å². The van der Waals surface area contributed by atoms with Crippen LogP contribution < -0.4 is 0 Å². The SMILES string of the molecule is CC1C2CC3C(OC(=O)C13)C2OC=O. The number of rotatable bonds is 2. The van der Waals surface area contributed by atoms with Crippen LogP contribution in [-0.2, 0) is 19.1 Å². The van der Waals surface area contributed by atoms with Gasteiger partial charge < -0.3 is 9.47 Å². The average Bonchev–Trinajstić information content (AvgIpc) is 2.70. The molecule has 0 aromatic rings. The van der Waals surface area contributed by atoms with Gasteiger partial charge in [-0.15, -0.1) is 0 Å². The third-order valence-corrected chi connectivity index (χ3v) is 4.15. The molecule has 4 nitrogen and oxygen atoms in total. The largest absolute Gasteiger partial charge is 0.460 e. The van der Waals surface area contributed by atoms with E-state index in [4.69, 9.17) is 9.47 Å². The molecule has 6 unspecified atom stereocenters. The van der Waals surface area contributed by atoms with Gasteiger partial charge in [0.15, 0.2) is 0 Å². The lowest BCUT2D eigenvalue weighted by atomic mass is 9.80. The van der Waals surface area contributed by atoms with E-state index in [-0.39, 0.29) is 24.1 Å². The first-order chi connectivity index (χ1) is 6.74. The number of fused-ring (bicyclic) bond motifs is 1. The molecule has 6 atom stereocenters. The van der Waals surface area contributed by atoms with Crippen LogP contribution in [0.4, 0.5) is 0 Å². The Morgan fingerprint density at radius 2 is 2.29 bits per heavy atom. The van der Waals surface area contributed by atoms with Crippen molar-refractivity contribution >= 4 is 12.4 Å². The zero-order valence-electron chi connectivity index (χ0n) is 7.88. The topological polar surface area (TPSA) is 52.6 Å². The fourth-order valence-electron chi connectivity index (χ4n) is 3.59. The van der Waals surface area contributed by atoms with Crippen LogP contribution in [0.15, 0.2) is 0 Å². The standard InChI is InChI=1S/C10H12O4/c1-4-5-2-6-7(4)10(12)14-9(6)8(5)13-3-11/h3-9H,2H2,1H3. The Balaban J connectivity index is 1.94. The van der Waals surface area contributed by atoms with Gasteiger partial charge in [0.05, 0.1) is 5.92 Å². The summed E-state index contributed by atoms with van der Waals surface area (Å²) in [7, 11) is 0. The monoisotopic (exact) mass is 196 g/mol. The van der Waals surface area contributed by atoms with Gasteiger partial charge in [-0.1, -0.05) is 6.92 Å². The highest BCUT2D eigenvalue weighted by molar-refractivity contribution is 5.77. The Morgan fingerprint density at radius 3 is 3.00 bits per heavy atom. The average molecular weight is 196 g/mol. The quantitative estimate of drug-likeness (QED) is 0.472. The van der Waals surface area contributed by atoms with Crippen molar-refractivity contribution in [2.75, 3.05) is 0 Å². The first kappa shape index (κ1) is 8.26. The van der Waals surface area contributed by atoms with Crippen molar-refractivity contribution in [3.8, 4) is 0 Å². The van der Waals surface area contributed by atoms with Crippen LogP contribution >= 0.6 is 0 Å². The Bertz CT molecular complexity index is 300. The van der Waals surface area contributed by atoms with Gasteiger partial charge in [0.2, 0.25) is 0 Å². The van der Waals surface area contributed by atoms with Gasteiger partial charge in [0, 0.05) is 11.8 Å². The third kappa shape index (κ3) is 0.751. The molecule has 1 heterocycles. The van der Waals surface area contributed by atoms with E-state index in [0.717, 1.165) is 6.42 Å². The molecule has 3 rings (SSSR count). The first-order valence-corrected chi connectivity index (χ1v) is 5.03. The van der Waals surface area contributed by atoms with Gasteiger partial charge in [-0.3, -0.25) is 9.59 Å². The molecule has 2 aliphatic carbocycles. The molecular formula is C10H12O4. The minimum Gasteiger partial charge on any atom is -0.460 e. The molecule has 3 fully saturated rings. The fourth-order valence-corrected chi connectivity index (χ4v) is 3.59. The van der Waals surface area contributed by atoms with Crippen molar-refractivity contribution in [1.29, 1.82) is 0 Å². The summed E-state index contributed by atoms with van der Waals surface area (Å²) in [6.45, 7) is 2.53. The minimum absolute atomic E-state index is 0.0662. The molecule has 2 bridgehead atoms. The Labute approximate surface area is 81.6 Å². The van der Waals surface area contributed by atoms with Crippen molar-refractivity contribution in [2.45, 2.75) is 25.6 Å². The fraction of sp³-hybridized carbons (Fsp3) is 0.800.